The summed E-state index contributed by atoms with van der Waals surface area (Å²) in [5.74, 6) is -4.49. The zero-order valence-electron chi connectivity index (χ0n) is 23.3. The van der Waals surface area contributed by atoms with Gasteiger partial charge in [-0.05, 0) is 60.9 Å². The van der Waals surface area contributed by atoms with E-state index in [-0.39, 0.29) is 76.0 Å². The maximum Gasteiger partial charge on any atom is 0.335 e. The number of hydrogen-bond acceptors (Lipinski definition) is 6. The number of rotatable bonds is 10. The van der Waals surface area contributed by atoms with E-state index in [1.54, 1.807) is 0 Å². The Morgan fingerprint density at radius 3 is 2.44 bits per heavy atom. The molecular formula is C32H22F5N5O3. The molecule has 0 aliphatic heterocycles. The Balaban J connectivity index is 1.29. The lowest BCUT2D eigenvalue weighted by Gasteiger charge is -2.16. The van der Waals surface area contributed by atoms with Gasteiger partial charge in [0.15, 0.2) is 5.82 Å². The van der Waals surface area contributed by atoms with Crippen LogP contribution in [0.25, 0.3) is 22.3 Å². The van der Waals surface area contributed by atoms with Gasteiger partial charge in [0.2, 0.25) is 0 Å². The molecule has 8 nitrogen and oxygen atoms in total. The van der Waals surface area contributed by atoms with Gasteiger partial charge >= 0.3 is 12.0 Å². The van der Waals surface area contributed by atoms with Gasteiger partial charge < -0.3 is 14.4 Å². The molecule has 1 N–H and O–H groups in total. The monoisotopic (exact) mass is 619 g/mol. The molecule has 13 heteroatoms. The number of halogens is 5. The van der Waals surface area contributed by atoms with Crippen LogP contribution in [0.5, 0.6) is 6.01 Å². The number of hydrogen-bond donors (Lipinski definition) is 1. The molecule has 45 heavy (non-hydrogen) atoms. The molecule has 1 fully saturated rings. The third-order valence-corrected chi connectivity index (χ3v) is 7.80. The number of alkyl halides is 1. The van der Waals surface area contributed by atoms with E-state index in [1.165, 1.54) is 35.0 Å². The van der Waals surface area contributed by atoms with Crippen LogP contribution in [0.1, 0.15) is 45.7 Å². The molecule has 1 aliphatic rings. The molecule has 5 aromatic rings. The van der Waals surface area contributed by atoms with Crippen LogP contribution in [0.3, 0.4) is 0 Å². The van der Waals surface area contributed by atoms with Gasteiger partial charge in [0.25, 0.3) is 0 Å². The molecule has 0 amide bonds. The van der Waals surface area contributed by atoms with Crippen LogP contribution < -0.4 is 4.74 Å². The normalized spacial score (nSPS) is 13.5. The highest BCUT2D eigenvalue weighted by atomic mass is 19.1. The summed E-state index contributed by atoms with van der Waals surface area (Å²) in [6.07, 6.45) is 2.10. The maximum atomic E-state index is 15.5. The van der Waals surface area contributed by atoms with Crippen molar-refractivity contribution in [2.45, 2.75) is 32.4 Å². The van der Waals surface area contributed by atoms with Crippen molar-refractivity contribution in [3.8, 4) is 23.3 Å². The molecule has 0 unspecified atom stereocenters. The van der Waals surface area contributed by atoms with Gasteiger partial charge in [0.1, 0.15) is 35.4 Å². The highest BCUT2D eigenvalue weighted by Gasteiger charge is 2.44. The number of nitrogens with zero attached hydrogens (tertiary/aromatic N) is 5. The molecule has 6 rings (SSSR count). The van der Waals surface area contributed by atoms with Gasteiger partial charge in [-0.2, -0.15) is 10.2 Å². The van der Waals surface area contributed by atoms with E-state index in [1.807, 2.05) is 6.07 Å². The number of benzene rings is 3. The molecule has 228 valence electrons. The van der Waals surface area contributed by atoms with E-state index in [0.717, 1.165) is 24.3 Å². The summed E-state index contributed by atoms with van der Waals surface area (Å²) in [7, 11) is 0. The Morgan fingerprint density at radius 2 is 1.76 bits per heavy atom. The molecule has 0 spiro atoms. The highest BCUT2D eigenvalue weighted by Crippen LogP contribution is 2.48. The van der Waals surface area contributed by atoms with Crippen LogP contribution in [0.4, 0.5) is 22.0 Å². The number of carboxylic acids is 1. The molecule has 1 aliphatic carbocycles. The molecule has 0 radical (unpaired) electrons. The maximum absolute atomic E-state index is 15.5. The Labute approximate surface area is 252 Å². The van der Waals surface area contributed by atoms with Crippen molar-refractivity contribution in [3.05, 3.63) is 106 Å². The van der Waals surface area contributed by atoms with Crippen LogP contribution >= 0.6 is 0 Å². The minimum absolute atomic E-state index is 0.0163. The SMILES string of the molecule is N#Cc1ccc(COc2nccc(-c3cc(F)c(Cc4nc5c(F)cc(C(=O)O)cc5n4CC4(CF)CC4)cc3F)n2)c(F)c1. The van der Waals surface area contributed by atoms with Gasteiger partial charge in [0.05, 0.1) is 35.1 Å². The fraction of sp³-hybridized carbons (Fsp3) is 0.219. The molecule has 0 bridgehead atoms. The van der Waals surface area contributed by atoms with Gasteiger partial charge in [-0.3, -0.25) is 4.39 Å². The van der Waals surface area contributed by atoms with E-state index in [4.69, 9.17) is 10.00 Å². The van der Waals surface area contributed by atoms with Gasteiger partial charge in [0, 0.05) is 35.7 Å². The van der Waals surface area contributed by atoms with Crippen molar-refractivity contribution in [1.82, 2.24) is 19.5 Å². The Bertz CT molecular complexity index is 2020. The predicted molar refractivity (Wildman–Crippen MR) is 150 cm³/mol. The van der Waals surface area contributed by atoms with E-state index >= 15 is 8.78 Å². The topological polar surface area (TPSA) is 114 Å². The van der Waals surface area contributed by atoms with Gasteiger partial charge in [-0.1, -0.05) is 6.07 Å². The van der Waals surface area contributed by atoms with Crippen molar-refractivity contribution in [2.24, 2.45) is 5.41 Å². The first-order valence-electron chi connectivity index (χ1n) is 13.7. The van der Waals surface area contributed by atoms with Crippen LogP contribution in [0.2, 0.25) is 0 Å². The molecule has 0 saturated heterocycles. The van der Waals surface area contributed by atoms with Crippen LogP contribution in [0.15, 0.2) is 54.7 Å². The Kier molecular flexibility index (Phi) is 7.66. The smallest absolute Gasteiger partial charge is 0.335 e. The number of aromatic nitrogens is 4. The fourth-order valence-electron chi connectivity index (χ4n) is 5.04. The van der Waals surface area contributed by atoms with E-state index < -0.39 is 41.3 Å². The van der Waals surface area contributed by atoms with Crippen molar-refractivity contribution in [3.63, 3.8) is 0 Å². The first kappa shape index (κ1) is 29.7. The second-order valence-electron chi connectivity index (χ2n) is 10.9. The molecule has 2 aromatic heterocycles. The number of ether oxygens (including phenoxy) is 1. The minimum atomic E-state index is -1.36. The Hall–Kier alpha value is -5.38. The second-order valence-corrected chi connectivity index (χ2v) is 10.9. The average molecular weight is 620 g/mol. The standard InChI is InChI=1S/C32H22F5N5O3/c33-15-32(4-5-32)16-42-27-10-20(30(43)44)9-25(37)29(27)41-28(42)11-19-8-24(36)21(12-23(19)35)26-3-6-39-31(40-26)45-14-18-2-1-17(13-38)7-22(18)34/h1-3,6-10,12H,4-5,11,14-16H2,(H,43,44). The van der Waals surface area contributed by atoms with Gasteiger partial charge in [-0.15, -0.1) is 0 Å². The van der Waals surface area contributed by atoms with Crippen molar-refractivity contribution in [2.75, 3.05) is 6.67 Å². The fourth-order valence-corrected chi connectivity index (χ4v) is 5.04. The quantitative estimate of drug-likeness (QED) is 0.177. The number of imidazole rings is 1. The molecule has 0 atom stereocenters. The van der Waals surface area contributed by atoms with E-state index in [2.05, 4.69) is 15.0 Å². The Morgan fingerprint density at radius 1 is 0.978 bits per heavy atom. The average Bonchev–Trinajstić information content (AvgIpc) is 3.73. The lowest BCUT2D eigenvalue weighted by Crippen LogP contribution is -2.16. The number of aromatic carboxylic acids is 1. The molecule has 3 aromatic carbocycles. The van der Waals surface area contributed by atoms with E-state index in [9.17, 15) is 23.1 Å². The van der Waals surface area contributed by atoms with Crippen molar-refractivity contribution in [1.29, 1.82) is 5.26 Å². The lowest BCUT2D eigenvalue weighted by atomic mass is 10.0. The first-order chi connectivity index (χ1) is 21.6. The van der Waals surface area contributed by atoms with Crippen molar-refractivity contribution >= 4 is 17.0 Å². The summed E-state index contributed by atoms with van der Waals surface area (Å²) < 4.78 is 80.8. The number of carboxylic acid groups (broad SMARTS) is 1. The largest absolute Gasteiger partial charge is 0.478 e. The minimum Gasteiger partial charge on any atom is -0.478 e. The zero-order chi connectivity index (χ0) is 31.9. The number of carbonyl (C=O) groups is 1. The van der Waals surface area contributed by atoms with Gasteiger partial charge in [-0.25, -0.2) is 32.3 Å². The summed E-state index contributed by atoms with van der Waals surface area (Å²) in [5.41, 5.74) is -1.17. The lowest BCUT2D eigenvalue weighted by molar-refractivity contribution is 0.0696. The highest BCUT2D eigenvalue weighted by molar-refractivity contribution is 5.92. The van der Waals surface area contributed by atoms with Crippen molar-refractivity contribution < 1.29 is 36.6 Å². The van der Waals surface area contributed by atoms with Crippen LogP contribution in [0, 0.1) is 40.0 Å². The second kappa shape index (κ2) is 11.6. The first-order valence-corrected chi connectivity index (χ1v) is 13.7. The predicted octanol–water partition coefficient (Wildman–Crippen LogP) is 6.54. The number of nitriles is 1. The van der Waals surface area contributed by atoms with Crippen LogP contribution in [-0.2, 0) is 19.6 Å². The molecule has 2 heterocycles. The summed E-state index contributed by atoms with van der Waals surface area (Å²) in [6, 6.07) is 10.7. The zero-order valence-corrected chi connectivity index (χ0v) is 23.3. The third-order valence-electron chi connectivity index (χ3n) is 7.80. The van der Waals surface area contributed by atoms with E-state index in [0.29, 0.717) is 12.8 Å². The summed E-state index contributed by atoms with van der Waals surface area (Å²) >= 11 is 0. The number of fused-ring (bicyclic) bond motifs is 1. The van der Waals surface area contributed by atoms with Crippen LogP contribution in [-0.4, -0.2) is 37.3 Å². The molecule has 1 saturated carbocycles. The summed E-state index contributed by atoms with van der Waals surface area (Å²) in [4.78, 5) is 23.9. The summed E-state index contributed by atoms with van der Waals surface area (Å²) in [5, 5.41) is 18.3. The third kappa shape index (κ3) is 5.91. The molecular weight excluding hydrogens is 597 g/mol. The summed E-state index contributed by atoms with van der Waals surface area (Å²) in [6.45, 7) is -0.871.